The number of amides is 1. The fourth-order valence-electron chi connectivity index (χ4n) is 2.32. The van der Waals surface area contributed by atoms with Crippen LogP contribution in [0.2, 0.25) is 5.02 Å². The number of nitrogens with one attached hydrogen (secondary N) is 2. The summed E-state index contributed by atoms with van der Waals surface area (Å²) in [5, 5.41) is 2.76. The number of carbonyl (C=O) groups is 1. The SMILES string of the molecule is COc1ccc(OC)c(NC(=O)[C@H](C)NS(=O)(=O)c2ccc(OC)c(Cl)c2)c1. The lowest BCUT2D eigenvalue weighted by atomic mass is 10.2. The number of sulfonamides is 1. The molecular formula is C18H21ClN2O6S. The lowest BCUT2D eigenvalue weighted by molar-refractivity contribution is -0.117. The van der Waals surface area contributed by atoms with E-state index in [2.05, 4.69) is 10.0 Å². The first kappa shape index (κ1) is 21.8. The van der Waals surface area contributed by atoms with Crippen LogP contribution < -0.4 is 24.2 Å². The van der Waals surface area contributed by atoms with E-state index in [1.165, 1.54) is 46.5 Å². The summed E-state index contributed by atoms with van der Waals surface area (Å²) < 4.78 is 42.7. The largest absolute Gasteiger partial charge is 0.497 e. The number of methoxy groups -OCH3 is 3. The molecule has 0 fully saturated rings. The standard InChI is InChI=1S/C18H21ClN2O6S/c1-11(18(22)20-15-9-12(25-2)5-7-17(15)27-4)21-28(23,24)13-6-8-16(26-3)14(19)10-13/h5-11,21H,1-4H3,(H,20,22)/t11-/m0/s1. The van der Waals surface area contributed by atoms with Crippen LogP contribution in [0, 0.1) is 0 Å². The van der Waals surface area contributed by atoms with Crippen LogP contribution >= 0.6 is 11.6 Å². The van der Waals surface area contributed by atoms with Gasteiger partial charge in [-0.1, -0.05) is 11.6 Å². The van der Waals surface area contributed by atoms with E-state index in [0.717, 1.165) is 0 Å². The van der Waals surface area contributed by atoms with Crippen LogP contribution in [0.1, 0.15) is 6.92 Å². The number of hydrogen-bond acceptors (Lipinski definition) is 6. The van der Waals surface area contributed by atoms with Gasteiger partial charge in [0, 0.05) is 6.07 Å². The molecule has 152 valence electrons. The van der Waals surface area contributed by atoms with Crippen LogP contribution in [0.5, 0.6) is 17.2 Å². The summed E-state index contributed by atoms with van der Waals surface area (Å²) in [6.45, 7) is 1.42. The van der Waals surface area contributed by atoms with Gasteiger partial charge in [0.2, 0.25) is 15.9 Å². The summed E-state index contributed by atoms with van der Waals surface area (Å²) >= 11 is 5.98. The number of hydrogen-bond donors (Lipinski definition) is 2. The predicted octanol–water partition coefficient (Wildman–Crippen LogP) is 2.67. The highest BCUT2D eigenvalue weighted by molar-refractivity contribution is 7.89. The molecule has 0 aliphatic heterocycles. The third-order valence-electron chi connectivity index (χ3n) is 3.82. The summed E-state index contributed by atoms with van der Waals surface area (Å²) in [5.41, 5.74) is 0.352. The predicted molar refractivity (Wildman–Crippen MR) is 106 cm³/mol. The van der Waals surface area contributed by atoms with Crippen molar-refractivity contribution in [3.8, 4) is 17.2 Å². The van der Waals surface area contributed by atoms with E-state index in [1.54, 1.807) is 18.2 Å². The molecule has 2 aromatic carbocycles. The van der Waals surface area contributed by atoms with E-state index >= 15 is 0 Å². The lowest BCUT2D eigenvalue weighted by Gasteiger charge is -2.17. The van der Waals surface area contributed by atoms with Crippen molar-refractivity contribution in [1.82, 2.24) is 4.72 Å². The lowest BCUT2D eigenvalue weighted by Crippen LogP contribution is -2.41. The number of ether oxygens (including phenoxy) is 3. The summed E-state index contributed by atoms with van der Waals surface area (Å²) in [4.78, 5) is 12.4. The second kappa shape index (κ2) is 9.13. The Kier molecular flexibility index (Phi) is 7.11. The molecule has 0 heterocycles. The van der Waals surface area contributed by atoms with E-state index in [1.807, 2.05) is 0 Å². The van der Waals surface area contributed by atoms with Gasteiger partial charge in [0.15, 0.2) is 0 Å². The van der Waals surface area contributed by atoms with Gasteiger partial charge in [0.05, 0.1) is 43.0 Å². The Morgan fingerprint density at radius 1 is 1.00 bits per heavy atom. The van der Waals surface area contributed by atoms with E-state index in [0.29, 0.717) is 22.9 Å². The molecule has 0 radical (unpaired) electrons. The molecule has 0 spiro atoms. The minimum absolute atomic E-state index is 0.0862. The van der Waals surface area contributed by atoms with Crippen LogP contribution in [-0.4, -0.2) is 41.7 Å². The fraction of sp³-hybridized carbons (Fsp3) is 0.278. The number of benzene rings is 2. The van der Waals surface area contributed by atoms with E-state index < -0.39 is 22.0 Å². The van der Waals surface area contributed by atoms with E-state index in [-0.39, 0.29) is 9.92 Å². The molecule has 2 N–H and O–H groups in total. The normalized spacial score (nSPS) is 12.2. The average Bonchev–Trinajstić information content (AvgIpc) is 2.67. The number of rotatable bonds is 8. The van der Waals surface area contributed by atoms with Gasteiger partial charge < -0.3 is 19.5 Å². The number of carbonyl (C=O) groups excluding carboxylic acids is 1. The third-order valence-corrected chi connectivity index (χ3v) is 5.66. The zero-order valence-corrected chi connectivity index (χ0v) is 17.3. The molecule has 1 amide bonds. The highest BCUT2D eigenvalue weighted by Gasteiger charge is 2.23. The Bertz CT molecular complexity index is 965. The van der Waals surface area contributed by atoms with Crippen LogP contribution in [-0.2, 0) is 14.8 Å². The van der Waals surface area contributed by atoms with Gasteiger partial charge in [-0.15, -0.1) is 0 Å². The molecule has 0 aliphatic rings. The topological polar surface area (TPSA) is 103 Å². The Morgan fingerprint density at radius 3 is 2.21 bits per heavy atom. The maximum Gasteiger partial charge on any atom is 0.242 e. The average molecular weight is 429 g/mol. The van der Waals surface area contributed by atoms with Crippen molar-refractivity contribution >= 4 is 33.2 Å². The quantitative estimate of drug-likeness (QED) is 0.670. The summed E-state index contributed by atoms with van der Waals surface area (Å²) in [7, 11) is 0.390. The highest BCUT2D eigenvalue weighted by Crippen LogP contribution is 2.29. The molecule has 1 atom stereocenters. The second-order valence-corrected chi connectivity index (χ2v) is 7.82. The minimum atomic E-state index is -3.98. The molecular weight excluding hydrogens is 408 g/mol. The van der Waals surface area contributed by atoms with Gasteiger partial charge in [-0.05, 0) is 37.3 Å². The first-order valence-corrected chi connectivity index (χ1v) is 9.96. The molecule has 0 aliphatic carbocycles. The molecule has 0 saturated heterocycles. The van der Waals surface area contributed by atoms with Gasteiger partial charge in [-0.2, -0.15) is 4.72 Å². The third kappa shape index (κ3) is 5.06. The molecule has 10 heteroatoms. The molecule has 0 aromatic heterocycles. The van der Waals surface area contributed by atoms with Gasteiger partial charge in [0.25, 0.3) is 0 Å². The van der Waals surface area contributed by atoms with E-state index in [4.69, 9.17) is 25.8 Å². The van der Waals surface area contributed by atoms with Crippen molar-refractivity contribution in [3.63, 3.8) is 0 Å². The summed E-state index contributed by atoms with van der Waals surface area (Å²) in [5.74, 6) is 0.689. The molecule has 8 nitrogen and oxygen atoms in total. The molecule has 2 aromatic rings. The van der Waals surface area contributed by atoms with Crippen molar-refractivity contribution in [2.45, 2.75) is 17.9 Å². The molecule has 0 saturated carbocycles. The van der Waals surface area contributed by atoms with Gasteiger partial charge in [-0.3, -0.25) is 4.79 Å². The van der Waals surface area contributed by atoms with Gasteiger partial charge >= 0.3 is 0 Å². The Morgan fingerprint density at radius 2 is 1.64 bits per heavy atom. The first-order valence-electron chi connectivity index (χ1n) is 8.10. The molecule has 0 bridgehead atoms. The maximum atomic E-state index is 12.5. The Hall–Kier alpha value is -2.49. The van der Waals surface area contributed by atoms with Crippen molar-refractivity contribution in [1.29, 1.82) is 0 Å². The van der Waals surface area contributed by atoms with Crippen LogP contribution in [0.3, 0.4) is 0 Å². The summed E-state index contributed by atoms with van der Waals surface area (Å²) in [6, 6.07) is 7.82. The minimum Gasteiger partial charge on any atom is -0.497 e. The Labute approximate surface area is 168 Å². The van der Waals surface area contributed by atoms with Crippen molar-refractivity contribution in [3.05, 3.63) is 41.4 Å². The van der Waals surface area contributed by atoms with Crippen LogP contribution in [0.25, 0.3) is 0 Å². The van der Waals surface area contributed by atoms with Crippen LogP contribution in [0.15, 0.2) is 41.3 Å². The molecule has 0 unspecified atom stereocenters. The van der Waals surface area contributed by atoms with Crippen molar-refractivity contribution in [2.24, 2.45) is 0 Å². The second-order valence-electron chi connectivity index (χ2n) is 5.69. The monoisotopic (exact) mass is 428 g/mol. The summed E-state index contributed by atoms with van der Waals surface area (Å²) in [6.07, 6.45) is 0. The molecule has 28 heavy (non-hydrogen) atoms. The van der Waals surface area contributed by atoms with Crippen molar-refractivity contribution < 1.29 is 27.4 Å². The smallest absolute Gasteiger partial charge is 0.242 e. The maximum absolute atomic E-state index is 12.5. The first-order chi connectivity index (χ1) is 13.2. The zero-order valence-electron chi connectivity index (χ0n) is 15.8. The van der Waals surface area contributed by atoms with E-state index in [9.17, 15) is 13.2 Å². The van der Waals surface area contributed by atoms with Gasteiger partial charge in [-0.25, -0.2) is 8.42 Å². The van der Waals surface area contributed by atoms with Crippen molar-refractivity contribution in [2.75, 3.05) is 26.6 Å². The van der Waals surface area contributed by atoms with Gasteiger partial charge in [0.1, 0.15) is 17.2 Å². The number of anilines is 1. The molecule has 2 rings (SSSR count). The van der Waals surface area contributed by atoms with Crippen LogP contribution in [0.4, 0.5) is 5.69 Å². The number of halogens is 1. The fourth-order valence-corrected chi connectivity index (χ4v) is 3.87. The highest BCUT2D eigenvalue weighted by atomic mass is 35.5. The zero-order chi connectivity index (χ0) is 20.9. The Balaban J connectivity index is 2.16.